The van der Waals surface area contributed by atoms with Gasteiger partial charge in [0.05, 0.1) is 12.0 Å². The molecule has 0 aromatic rings. The Morgan fingerprint density at radius 3 is 2.64 bits per heavy atom. The van der Waals surface area contributed by atoms with Crippen LogP contribution in [0.5, 0.6) is 0 Å². The normalized spacial score (nSPS) is 28.4. The molecule has 1 N–H and O–H groups in total. The van der Waals surface area contributed by atoms with Gasteiger partial charge in [-0.05, 0) is 25.3 Å². The van der Waals surface area contributed by atoms with Crippen molar-refractivity contribution >= 4 is 0 Å². The molecular formula is C12H22N2. The Labute approximate surface area is 87.7 Å². The van der Waals surface area contributed by atoms with E-state index >= 15 is 0 Å². The molecule has 0 aromatic carbocycles. The van der Waals surface area contributed by atoms with Gasteiger partial charge in [0.15, 0.2) is 0 Å². The van der Waals surface area contributed by atoms with Crippen LogP contribution < -0.4 is 5.32 Å². The van der Waals surface area contributed by atoms with E-state index in [9.17, 15) is 0 Å². The average Bonchev–Trinajstić information content (AvgIpc) is 2.38. The second-order valence-corrected chi connectivity index (χ2v) is 4.78. The summed E-state index contributed by atoms with van der Waals surface area (Å²) in [7, 11) is 0. The van der Waals surface area contributed by atoms with Crippen molar-refractivity contribution in [3.63, 3.8) is 0 Å². The van der Waals surface area contributed by atoms with E-state index in [0.29, 0.717) is 12.0 Å². The third-order valence-electron chi connectivity index (χ3n) is 2.97. The molecule has 14 heavy (non-hydrogen) atoms. The van der Waals surface area contributed by atoms with E-state index in [0.717, 1.165) is 13.0 Å². The van der Waals surface area contributed by atoms with Crippen molar-refractivity contribution < 1.29 is 0 Å². The number of nitrogens with zero attached hydrogens (tertiary/aromatic N) is 1. The first-order chi connectivity index (χ1) is 6.74. The molecule has 0 heterocycles. The van der Waals surface area contributed by atoms with Gasteiger partial charge < -0.3 is 5.32 Å². The van der Waals surface area contributed by atoms with Gasteiger partial charge in [0.2, 0.25) is 0 Å². The molecule has 0 radical (unpaired) electrons. The summed E-state index contributed by atoms with van der Waals surface area (Å²) in [6.45, 7) is 5.47. The van der Waals surface area contributed by atoms with E-state index < -0.39 is 0 Å². The number of nitrogens with one attached hydrogen (secondary N) is 1. The lowest BCUT2D eigenvalue weighted by molar-refractivity contribution is 0.374. The summed E-state index contributed by atoms with van der Waals surface area (Å²) in [5.41, 5.74) is 0. The molecule has 0 aromatic heterocycles. The van der Waals surface area contributed by atoms with E-state index in [-0.39, 0.29) is 5.92 Å². The van der Waals surface area contributed by atoms with Crippen molar-refractivity contribution in [2.24, 2.45) is 11.8 Å². The SMILES string of the molecule is CC(C)CNC1CCCCCC1C#N. The van der Waals surface area contributed by atoms with Crippen molar-refractivity contribution in [2.75, 3.05) is 6.54 Å². The Hall–Kier alpha value is -0.550. The first-order valence-electron chi connectivity index (χ1n) is 5.87. The average molecular weight is 194 g/mol. The smallest absolute Gasteiger partial charge is 0.0672 e. The molecule has 2 nitrogen and oxygen atoms in total. The summed E-state index contributed by atoms with van der Waals surface area (Å²) in [5, 5.41) is 12.6. The minimum Gasteiger partial charge on any atom is -0.312 e. The fourth-order valence-corrected chi connectivity index (χ4v) is 2.09. The van der Waals surface area contributed by atoms with E-state index in [1.807, 2.05) is 0 Å². The molecule has 0 amide bonds. The molecule has 0 bridgehead atoms. The van der Waals surface area contributed by atoms with Crippen molar-refractivity contribution in [3.8, 4) is 6.07 Å². The molecule has 1 fully saturated rings. The van der Waals surface area contributed by atoms with Crippen LogP contribution in [0.15, 0.2) is 0 Å². The first kappa shape index (κ1) is 11.5. The van der Waals surface area contributed by atoms with Gasteiger partial charge in [-0.3, -0.25) is 0 Å². The van der Waals surface area contributed by atoms with Crippen LogP contribution in [-0.2, 0) is 0 Å². The maximum Gasteiger partial charge on any atom is 0.0672 e. The molecular weight excluding hydrogens is 172 g/mol. The Kier molecular flexibility index (Phi) is 4.97. The lowest BCUT2D eigenvalue weighted by Crippen LogP contribution is -2.37. The maximum atomic E-state index is 9.06. The fourth-order valence-electron chi connectivity index (χ4n) is 2.09. The molecule has 80 valence electrons. The lowest BCUT2D eigenvalue weighted by atomic mass is 9.96. The van der Waals surface area contributed by atoms with Gasteiger partial charge in [-0.25, -0.2) is 0 Å². The van der Waals surface area contributed by atoms with Crippen molar-refractivity contribution in [2.45, 2.75) is 52.0 Å². The zero-order valence-electron chi connectivity index (χ0n) is 9.42. The van der Waals surface area contributed by atoms with Gasteiger partial charge in [-0.2, -0.15) is 5.26 Å². The number of hydrogen-bond acceptors (Lipinski definition) is 2. The van der Waals surface area contributed by atoms with Crippen LogP contribution >= 0.6 is 0 Å². The first-order valence-corrected chi connectivity index (χ1v) is 5.87. The Morgan fingerprint density at radius 1 is 1.29 bits per heavy atom. The molecule has 0 aliphatic heterocycles. The van der Waals surface area contributed by atoms with Gasteiger partial charge >= 0.3 is 0 Å². The Balaban J connectivity index is 2.41. The predicted molar refractivity (Wildman–Crippen MR) is 58.8 cm³/mol. The predicted octanol–water partition coefficient (Wildman–Crippen LogP) is 2.70. The fraction of sp³-hybridized carbons (Fsp3) is 0.917. The third-order valence-corrected chi connectivity index (χ3v) is 2.97. The Morgan fingerprint density at radius 2 is 2.00 bits per heavy atom. The zero-order valence-corrected chi connectivity index (χ0v) is 9.42. The summed E-state index contributed by atoms with van der Waals surface area (Å²) >= 11 is 0. The molecule has 1 aliphatic carbocycles. The highest BCUT2D eigenvalue weighted by atomic mass is 14.9. The second-order valence-electron chi connectivity index (χ2n) is 4.78. The topological polar surface area (TPSA) is 35.8 Å². The standard InChI is InChI=1S/C12H22N2/c1-10(2)9-14-12-7-5-3-4-6-11(12)8-13/h10-12,14H,3-7,9H2,1-2H3. The number of nitriles is 1. The van der Waals surface area contributed by atoms with Crippen LogP contribution in [0, 0.1) is 23.2 Å². The highest BCUT2D eigenvalue weighted by Gasteiger charge is 2.22. The molecule has 2 atom stereocenters. The van der Waals surface area contributed by atoms with Crippen LogP contribution in [0.3, 0.4) is 0 Å². The Bertz CT molecular complexity index is 193. The minimum absolute atomic E-state index is 0.247. The largest absolute Gasteiger partial charge is 0.312 e. The van der Waals surface area contributed by atoms with Crippen LogP contribution in [0.25, 0.3) is 0 Å². The van der Waals surface area contributed by atoms with E-state index in [2.05, 4.69) is 25.2 Å². The molecule has 1 aliphatic rings. The third kappa shape index (κ3) is 3.67. The van der Waals surface area contributed by atoms with Crippen LogP contribution in [0.2, 0.25) is 0 Å². The molecule has 1 rings (SSSR count). The summed E-state index contributed by atoms with van der Waals surface area (Å²) in [6.07, 6.45) is 6.10. The highest BCUT2D eigenvalue weighted by Crippen LogP contribution is 2.22. The number of rotatable bonds is 3. The van der Waals surface area contributed by atoms with E-state index in [1.165, 1.54) is 25.7 Å². The van der Waals surface area contributed by atoms with Gasteiger partial charge in [0.25, 0.3) is 0 Å². The van der Waals surface area contributed by atoms with Crippen LogP contribution in [0.1, 0.15) is 46.0 Å². The minimum atomic E-state index is 0.247. The van der Waals surface area contributed by atoms with Gasteiger partial charge in [-0.1, -0.05) is 33.1 Å². The van der Waals surface area contributed by atoms with Crippen molar-refractivity contribution in [3.05, 3.63) is 0 Å². The maximum absolute atomic E-state index is 9.06. The molecule has 0 saturated heterocycles. The lowest BCUT2D eigenvalue weighted by Gasteiger charge is -2.21. The number of hydrogen-bond donors (Lipinski definition) is 1. The van der Waals surface area contributed by atoms with Gasteiger partial charge in [0, 0.05) is 6.04 Å². The molecule has 2 unspecified atom stereocenters. The highest BCUT2D eigenvalue weighted by molar-refractivity contribution is 4.93. The van der Waals surface area contributed by atoms with E-state index in [1.54, 1.807) is 0 Å². The van der Waals surface area contributed by atoms with Crippen LogP contribution in [0.4, 0.5) is 0 Å². The summed E-state index contributed by atoms with van der Waals surface area (Å²) in [4.78, 5) is 0. The molecule has 2 heteroatoms. The molecule has 0 spiro atoms. The van der Waals surface area contributed by atoms with Crippen molar-refractivity contribution in [1.29, 1.82) is 5.26 Å². The quantitative estimate of drug-likeness (QED) is 0.701. The molecule has 1 saturated carbocycles. The monoisotopic (exact) mass is 194 g/mol. The van der Waals surface area contributed by atoms with Gasteiger partial charge in [0.1, 0.15) is 0 Å². The van der Waals surface area contributed by atoms with E-state index in [4.69, 9.17) is 5.26 Å². The summed E-state index contributed by atoms with van der Waals surface area (Å²) in [5.74, 6) is 0.925. The summed E-state index contributed by atoms with van der Waals surface area (Å²) in [6, 6.07) is 2.90. The van der Waals surface area contributed by atoms with Gasteiger partial charge in [-0.15, -0.1) is 0 Å². The second kappa shape index (κ2) is 6.03. The summed E-state index contributed by atoms with van der Waals surface area (Å²) < 4.78 is 0. The van der Waals surface area contributed by atoms with Crippen LogP contribution in [-0.4, -0.2) is 12.6 Å². The zero-order chi connectivity index (χ0) is 10.4. The van der Waals surface area contributed by atoms with Crippen molar-refractivity contribution in [1.82, 2.24) is 5.32 Å².